The molecule has 15 heteroatoms. The summed E-state index contributed by atoms with van der Waals surface area (Å²) in [6.45, 7) is 6.86. The number of amidine groups is 1. The van der Waals surface area contributed by atoms with Crippen molar-refractivity contribution in [3.05, 3.63) is 52.9 Å². The van der Waals surface area contributed by atoms with E-state index in [1.165, 1.54) is 30.0 Å². The van der Waals surface area contributed by atoms with Crippen molar-refractivity contribution in [2.75, 3.05) is 29.3 Å². The number of nitrogens with zero attached hydrogens (tertiary/aromatic N) is 1. The van der Waals surface area contributed by atoms with Crippen molar-refractivity contribution in [2.24, 2.45) is 10.7 Å². The van der Waals surface area contributed by atoms with Crippen molar-refractivity contribution in [1.29, 1.82) is 0 Å². The minimum absolute atomic E-state index is 0.000966. The normalized spacial score (nSPS) is 12.6. The van der Waals surface area contributed by atoms with E-state index in [0.29, 0.717) is 37.2 Å². The van der Waals surface area contributed by atoms with Crippen LogP contribution in [0.5, 0.6) is 0 Å². The number of rotatable bonds is 10. The first-order valence-electron chi connectivity index (χ1n) is 13.3. The molecule has 1 aromatic heterocycles. The van der Waals surface area contributed by atoms with Gasteiger partial charge in [0.15, 0.2) is 0 Å². The molecule has 1 heterocycles. The van der Waals surface area contributed by atoms with E-state index >= 15 is 0 Å². The minimum Gasteiger partial charge on any atom is -0.442 e. The van der Waals surface area contributed by atoms with Gasteiger partial charge in [-0.1, -0.05) is 12.1 Å². The fourth-order valence-corrected chi connectivity index (χ4v) is 8.81. The molecule has 3 rings (SSSR count). The molecule has 2 aromatic carbocycles. The second kappa shape index (κ2) is 13.7. The van der Waals surface area contributed by atoms with Gasteiger partial charge in [0.25, 0.3) is 0 Å². The van der Waals surface area contributed by atoms with Crippen LogP contribution in [0.2, 0.25) is 0 Å². The SMILES string of the molecule is CSc1sc(C(N)=NC(=O)OC(C)(C)C)cc1S(=O)(=O)c1cccc(-c2c(C)cc(N)cc2NC(=O)CCCS(C)(=O)=O)c1. The molecule has 0 aliphatic rings. The summed E-state index contributed by atoms with van der Waals surface area (Å²) in [5, 5.41) is 2.80. The Hall–Kier alpha value is -3.40. The largest absolute Gasteiger partial charge is 0.442 e. The zero-order valence-electron chi connectivity index (χ0n) is 25.3. The number of nitrogens with two attached hydrogens (primary N) is 2. The Bertz CT molecular complexity index is 1820. The van der Waals surface area contributed by atoms with Gasteiger partial charge >= 0.3 is 6.09 Å². The van der Waals surface area contributed by atoms with E-state index in [4.69, 9.17) is 16.2 Å². The van der Waals surface area contributed by atoms with Crippen molar-refractivity contribution in [2.45, 2.75) is 60.1 Å². The molecular weight excluding hydrogens is 645 g/mol. The fourth-order valence-electron chi connectivity index (χ4n) is 4.20. The summed E-state index contributed by atoms with van der Waals surface area (Å²) in [5.41, 5.74) is 13.9. The van der Waals surface area contributed by atoms with Crippen LogP contribution in [0.3, 0.4) is 0 Å². The Balaban J connectivity index is 2.00. The number of thiophene rings is 1. The van der Waals surface area contributed by atoms with Crippen LogP contribution in [0.15, 0.2) is 61.5 Å². The minimum atomic E-state index is -4.07. The first-order chi connectivity index (χ1) is 20.3. The number of hydrogen-bond acceptors (Lipinski definition) is 10. The van der Waals surface area contributed by atoms with Gasteiger partial charge in [-0.2, -0.15) is 4.99 Å². The third kappa shape index (κ3) is 9.30. The van der Waals surface area contributed by atoms with E-state index in [1.807, 2.05) is 0 Å². The number of thioether (sulfide) groups is 1. The Morgan fingerprint density at radius 2 is 1.77 bits per heavy atom. The van der Waals surface area contributed by atoms with Crippen LogP contribution < -0.4 is 16.8 Å². The first-order valence-corrected chi connectivity index (χ1v) is 18.9. The third-order valence-corrected chi connectivity index (χ3v) is 11.3. The number of hydrogen-bond donors (Lipinski definition) is 3. The number of nitrogen functional groups attached to an aromatic ring is 1. The summed E-state index contributed by atoms with van der Waals surface area (Å²) in [6.07, 6.45) is 2.09. The Labute approximate surface area is 266 Å². The highest BCUT2D eigenvalue weighted by Crippen LogP contribution is 2.39. The molecule has 3 aromatic rings. The first kappa shape index (κ1) is 35.1. The maximum absolute atomic E-state index is 13.9. The van der Waals surface area contributed by atoms with E-state index in [-0.39, 0.29) is 34.2 Å². The number of aliphatic imine (C=N–C) groups is 1. The topological polar surface area (TPSA) is 188 Å². The number of amides is 2. The van der Waals surface area contributed by atoms with Gasteiger partial charge in [-0.25, -0.2) is 21.6 Å². The van der Waals surface area contributed by atoms with Crippen molar-refractivity contribution < 1.29 is 31.2 Å². The molecule has 0 atom stereocenters. The summed E-state index contributed by atoms with van der Waals surface area (Å²) in [5.74, 6) is -0.682. The van der Waals surface area contributed by atoms with E-state index in [1.54, 1.807) is 58.2 Å². The highest BCUT2D eigenvalue weighted by Gasteiger charge is 2.27. The smallest absolute Gasteiger partial charge is 0.436 e. The number of ether oxygens (including phenoxy) is 1. The van der Waals surface area contributed by atoms with E-state index < -0.39 is 37.3 Å². The highest BCUT2D eigenvalue weighted by molar-refractivity contribution is 8.01. The molecule has 238 valence electrons. The molecule has 0 bridgehead atoms. The number of carbonyl (C=O) groups excluding carboxylic acids is 2. The molecule has 44 heavy (non-hydrogen) atoms. The van der Waals surface area contributed by atoms with Crippen LogP contribution in [0, 0.1) is 6.92 Å². The molecule has 0 unspecified atom stereocenters. The van der Waals surface area contributed by atoms with Gasteiger partial charge in [-0.3, -0.25) is 4.79 Å². The molecule has 0 saturated carbocycles. The van der Waals surface area contributed by atoms with Crippen LogP contribution in [0.4, 0.5) is 16.2 Å². The van der Waals surface area contributed by atoms with Gasteiger partial charge in [0.05, 0.1) is 30.3 Å². The van der Waals surface area contributed by atoms with Gasteiger partial charge in [-0.15, -0.1) is 23.1 Å². The van der Waals surface area contributed by atoms with Gasteiger partial charge < -0.3 is 21.5 Å². The second-order valence-electron chi connectivity index (χ2n) is 11.0. The molecular formula is C29H36N4O7S4. The standard InChI is InChI=1S/C29H36N4O7S4/c1-17-13-19(30)15-21(32-24(34)11-8-12-43(6,36)37)25(17)18-9-7-10-20(14-18)44(38,39)23-16-22(42-27(23)41-5)26(31)33-28(35)40-29(2,3)4/h7,9-10,13-16H,8,11-12,30H2,1-6H3,(H,32,34)(H2,31,33,35). The molecule has 0 fully saturated rings. The van der Waals surface area contributed by atoms with Gasteiger partial charge in [0.1, 0.15) is 21.3 Å². The molecule has 0 radical (unpaired) electrons. The fraction of sp³-hybridized carbons (Fsp3) is 0.345. The monoisotopic (exact) mass is 680 g/mol. The van der Waals surface area contributed by atoms with E-state index in [2.05, 4.69) is 10.3 Å². The maximum Gasteiger partial charge on any atom is 0.436 e. The van der Waals surface area contributed by atoms with Crippen LogP contribution in [0.25, 0.3) is 11.1 Å². The van der Waals surface area contributed by atoms with Crippen LogP contribution in [0.1, 0.15) is 44.1 Å². The van der Waals surface area contributed by atoms with Gasteiger partial charge in [-0.05, 0) is 81.8 Å². The second-order valence-corrected chi connectivity index (χ2v) is 17.3. The maximum atomic E-state index is 13.9. The molecule has 11 nitrogen and oxygen atoms in total. The number of carbonyl (C=O) groups is 2. The number of benzene rings is 2. The van der Waals surface area contributed by atoms with Crippen LogP contribution in [-0.4, -0.2) is 58.5 Å². The molecule has 0 aliphatic heterocycles. The average molecular weight is 681 g/mol. The van der Waals surface area contributed by atoms with Crippen molar-refractivity contribution in [3.63, 3.8) is 0 Å². The zero-order chi connectivity index (χ0) is 33.0. The summed E-state index contributed by atoms with van der Waals surface area (Å²) in [4.78, 5) is 28.9. The lowest BCUT2D eigenvalue weighted by molar-refractivity contribution is -0.116. The predicted molar refractivity (Wildman–Crippen MR) is 177 cm³/mol. The van der Waals surface area contributed by atoms with E-state index in [9.17, 15) is 26.4 Å². The summed E-state index contributed by atoms with van der Waals surface area (Å²) < 4.78 is 56.4. The van der Waals surface area contributed by atoms with Gasteiger partial charge in [0, 0.05) is 23.9 Å². The lowest BCUT2D eigenvalue weighted by atomic mass is 9.97. The zero-order valence-corrected chi connectivity index (χ0v) is 28.5. The predicted octanol–water partition coefficient (Wildman–Crippen LogP) is 5.26. The average Bonchev–Trinajstić information content (AvgIpc) is 3.32. The van der Waals surface area contributed by atoms with Crippen molar-refractivity contribution in [1.82, 2.24) is 0 Å². The summed E-state index contributed by atoms with van der Waals surface area (Å²) >= 11 is 2.31. The molecule has 0 aliphatic carbocycles. The molecule has 0 spiro atoms. The van der Waals surface area contributed by atoms with E-state index in [0.717, 1.165) is 17.6 Å². The Morgan fingerprint density at radius 1 is 1.09 bits per heavy atom. The van der Waals surface area contributed by atoms with Gasteiger partial charge in [0.2, 0.25) is 15.7 Å². The van der Waals surface area contributed by atoms with Crippen LogP contribution in [-0.2, 0) is 29.2 Å². The number of sulfone groups is 2. The molecule has 5 N–H and O–H groups in total. The Morgan fingerprint density at radius 3 is 2.39 bits per heavy atom. The van der Waals surface area contributed by atoms with Crippen LogP contribution >= 0.6 is 23.1 Å². The van der Waals surface area contributed by atoms with Crippen molar-refractivity contribution in [3.8, 4) is 11.1 Å². The lowest BCUT2D eigenvalue weighted by Crippen LogP contribution is -2.24. The third-order valence-electron chi connectivity index (χ3n) is 5.98. The van der Waals surface area contributed by atoms with Crippen molar-refractivity contribution >= 4 is 72.0 Å². The lowest BCUT2D eigenvalue weighted by Gasteiger charge is -2.17. The highest BCUT2D eigenvalue weighted by atomic mass is 32.2. The summed E-state index contributed by atoms with van der Waals surface area (Å²) in [7, 11) is -7.28. The summed E-state index contributed by atoms with van der Waals surface area (Å²) in [6, 6.07) is 11.0. The number of nitrogens with one attached hydrogen (secondary N) is 1. The molecule has 0 saturated heterocycles. The number of anilines is 2. The molecule has 2 amide bonds. The quantitative estimate of drug-likeness (QED) is 0.110. The Kier molecular flexibility index (Phi) is 10.9. The number of aryl methyl sites for hydroxylation is 1.